The molecule has 2 aromatic rings. The van der Waals surface area contributed by atoms with Crippen molar-refractivity contribution in [2.24, 2.45) is 0 Å². The van der Waals surface area contributed by atoms with E-state index in [9.17, 15) is 5.11 Å². The number of hydrogen-bond acceptors (Lipinski definition) is 2. The molecule has 0 saturated carbocycles. The van der Waals surface area contributed by atoms with Crippen molar-refractivity contribution in [3.63, 3.8) is 0 Å². The van der Waals surface area contributed by atoms with E-state index in [4.69, 9.17) is 0 Å². The summed E-state index contributed by atoms with van der Waals surface area (Å²) in [5.41, 5.74) is 2.19. The molecule has 0 aliphatic heterocycles. The maximum absolute atomic E-state index is 10.5. The number of pyridine rings is 1. The summed E-state index contributed by atoms with van der Waals surface area (Å²) in [7, 11) is 0. The summed E-state index contributed by atoms with van der Waals surface area (Å²) in [6.07, 6.45) is 3.40. The number of rotatable bonds is 4. The van der Waals surface area contributed by atoms with Crippen LogP contribution in [0.4, 0.5) is 0 Å². The van der Waals surface area contributed by atoms with Crippen molar-refractivity contribution in [1.82, 2.24) is 4.98 Å². The van der Waals surface area contributed by atoms with Crippen molar-refractivity contribution in [3.8, 4) is 0 Å². The standard InChI is InChI=1S/C16H19NO/c1-3-13-9-10-15(17-12-13)11-16(2,18)14-7-5-4-6-8-14/h4-10,12,18H,3,11H2,1-2H3. The van der Waals surface area contributed by atoms with E-state index in [-0.39, 0.29) is 0 Å². The van der Waals surface area contributed by atoms with Gasteiger partial charge in [-0.15, -0.1) is 0 Å². The highest BCUT2D eigenvalue weighted by molar-refractivity contribution is 5.24. The molecule has 1 aromatic heterocycles. The lowest BCUT2D eigenvalue weighted by Gasteiger charge is -2.23. The van der Waals surface area contributed by atoms with Gasteiger partial charge in [-0.05, 0) is 30.5 Å². The zero-order valence-electron chi connectivity index (χ0n) is 10.9. The van der Waals surface area contributed by atoms with Gasteiger partial charge in [0.1, 0.15) is 0 Å². The van der Waals surface area contributed by atoms with Crippen LogP contribution in [0.25, 0.3) is 0 Å². The Morgan fingerprint density at radius 3 is 2.39 bits per heavy atom. The molecule has 2 rings (SSSR count). The lowest BCUT2D eigenvalue weighted by molar-refractivity contribution is 0.0566. The van der Waals surface area contributed by atoms with Gasteiger partial charge in [-0.25, -0.2) is 0 Å². The number of aliphatic hydroxyl groups is 1. The van der Waals surface area contributed by atoms with Crippen LogP contribution in [-0.2, 0) is 18.4 Å². The van der Waals surface area contributed by atoms with Gasteiger partial charge in [-0.3, -0.25) is 4.98 Å². The summed E-state index contributed by atoms with van der Waals surface area (Å²) in [5, 5.41) is 10.5. The second-order valence-corrected chi connectivity index (χ2v) is 4.83. The molecule has 0 amide bonds. The minimum atomic E-state index is -0.873. The molecular formula is C16H19NO. The largest absolute Gasteiger partial charge is 0.385 e. The van der Waals surface area contributed by atoms with Crippen molar-refractivity contribution >= 4 is 0 Å². The predicted octanol–water partition coefficient (Wildman–Crippen LogP) is 3.09. The molecule has 1 N–H and O–H groups in total. The topological polar surface area (TPSA) is 33.1 Å². The SMILES string of the molecule is CCc1ccc(CC(C)(O)c2ccccc2)nc1. The van der Waals surface area contributed by atoms with Gasteiger partial charge in [-0.2, -0.15) is 0 Å². The Balaban J connectivity index is 2.16. The molecule has 1 heterocycles. The van der Waals surface area contributed by atoms with Crippen LogP contribution in [0, 0.1) is 0 Å². The Labute approximate surface area is 108 Å². The first-order valence-corrected chi connectivity index (χ1v) is 6.33. The van der Waals surface area contributed by atoms with Crippen LogP contribution in [0.5, 0.6) is 0 Å². The second-order valence-electron chi connectivity index (χ2n) is 4.83. The Morgan fingerprint density at radius 2 is 1.83 bits per heavy atom. The summed E-state index contributed by atoms with van der Waals surface area (Å²) >= 11 is 0. The normalized spacial score (nSPS) is 14.2. The third kappa shape index (κ3) is 2.96. The molecule has 2 heteroatoms. The first-order valence-electron chi connectivity index (χ1n) is 6.33. The van der Waals surface area contributed by atoms with Gasteiger partial charge in [0.15, 0.2) is 0 Å². The lowest BCUT2D eigenvalue weighted by Crippen LogP contribution is -2.24. The highest BCUT2D eigenvalue weighted by atomic mass is 16.3. The van der Waals surface area contributed by atoms with Crippen molar-refractivity contribution < 1.29 is 5.11 Å². The Hall–Kier alpha value is -1.67. The molecular weight excluding hydrogens is 222 g/mol. The van der Waals surface area contributed by atoms with Crippen molar-refractivity contribution in [1.29, 1.82) is 0 Å². The molecule has 0 bridgehead atoms. The van der Waals surface area contributed by atoms with Gasteiger partial charge >= 0.3 is 0 Å². The van der Waals surface area contributed by atoms with Crippen molar-refractivity contribution in [3.05, 3.63) is 65.5 Å². The molecule has 0 spiro atoms. The lowest BCUT2D eigenvalue weighted by atomic mass is 9.91. The molecule has 2 nitrogen and oxygen atoms in total. The minimum Gasteiger partial charge on any atom is -0.385 e. The molecule has 1 atom stereocenters. The number of hydrogen-bond donors (Lipinski definition) is 1. The fourth-order valence-corrected chi connectivity index (χ4v) is 2.02. The van der Waals surface area contributed by atoms with E-state index in [1.54, 1.807) is 0 Å². The Bertz CT molecular complexity index is 488. The van der Waals surface area contributed by atoms with E-state index >= 15 is 0 Å². The van der Waals surface area contributed by atoms with E-state index in [1.165, 1.54) is 5.56 Å². The smallest absolute Gasteiger partial charge is 0.0923 e. The molecule has 94 valence electrons. The minimum absolute atomic E-state index is 0.529. The zero-order chi connectivity index (χ0) is 13.0. The molecule has 1 unspecified atom stereocenters. The summed E-state index contributed by atoms with van der Waals surface area (Å²) in [5.74, 6) is 0. The van der Waals surface area contributed by atoms with Gasteiger partial charge < -0.3 is 5.11 Å². The van der Waals surface area contributed by atoms with Gasteiger partial charge in [0.05, 0.1) is 5.60 Å². The molecule has 0 aliphatic carbocycles. The number of aryl methyl sites for hydroxylation is 1. The van der Waals surface area contributed by atoms with Crippen molar-refractivity contribution in [2.75, 3.05) is 0 Å². The highest BCUT2D eigenvalue weighted by Crippen LogP contribution is 2.24. The predicted molar refractivity (Wildman–Crippen MR) is 73.3 cm³/mol. The van der Waals surface area contributed by atoms with Crippen molar-refractivity contribution in [2.45, 2.75) is 32.3 Å². The van der Waals surface area contributed by atoms with Crippen LogP contribution in [0.15, 0.2) is 48.7 Å². The number of aromatic nitrogens is 1. The monoisotopic (exact) mass is 241 g/mol. The van der Waals surface area contributed by atoms with Gasteiger partial charge in [-0.1, -0.05) is 43.3 Å². The average molecular weight is 241 g/mol. The number of benzene rings is 1. The second kappa shape index (κ2) is 5.32. The summed E-state index contributed by atoms with van der Waals surface area (Å²) < 4.78 is 0. The fraction of sp³-hybridized carbons (Fsp3) is 0.312. The van der Waals surface area contributed by atoms with Gasteiger partial charge in [0.2, 0.25) is 0 Å². The first-order chi connectivity index (χ1) is 8.62. The summed E-state index contributed by atoms with van der Waals surface area (Å²) in [4.78, 5) is 4.40. The highest BCUT2D eigenvalue weighted by Gasteiger charge is 2.23. The van der Waals surface area contributed by atoms with E-state index in [1.807, 2.05) is 49.5 Å². The maximum atomic E-state index is 10.5. The molecule has 0 fully saturated rings. The molecule has 0 radical (unpaired) electrons. The van der Waals surface area contributed by atoms with E-state index in [0.29, 0.717) is 6.42 Å². The van der Waals surface area contributed by atoms with E-state index < -0.39 is 5.60 Å². The van der Waals surface area contributed by atoms with Crippen LogP contribution in [0.3, 0.4) is 0 Å². The molecule has 1 aromatic carbocycles. The average Bonchev–Trinajstić information content (AvgIpc) is 2.40. The zero-order valence-corrected chi connectivity index (χ0v) is 10.9. The third-order valence-corrected chi connectivity index (χ3v) is 3.22. The van der Waals surface area contributed by atoms with Crippen LogP contribution in [-0.4, -0.2) is 10.1 Å². The molecule has 0 saturated heterocycles. The summed E-state index contributed by atoms with van der Waals surface area (Å²) in [6, 6.07) is 13.8. The maximum Gasteiger partial charge on any atom is 0.0923 e. The Morgan fingerprint density at radius 1 is 1.11 bits per heavy atom. The van der Waals surface area contributed by atoms with E-state index in [0.717, 1.165) is 17.7 Å². The van der Waals surface area contributed by atoms with Crippen LogP contribution in [0.2, 0.25) is 0 Å². The van der Waals surface area contributed by atoms with Crippen LogP contribution < -0.4 is 0 Å². The quantitative estimate of drug-likeness (QED) is 0.892. The summed E-state index contributed by atoms with van der Waals surface area (Å²) in [6.45, 7) is 3.94. The van der Waals surface area contributed by atoms with Gasteiger partial charge in [0.25, 0.3) is 0 Å². The van der Waals surface area contributed by atoms with Crippen LogP contribution >= 0.6 is 0 Å². The third-order valence-electron chi connectivity index (χ3n) is 3.22. The van der Waals surface area contributed by atoms with Gasteiger partial charge in [0, 0.05) is 18.3 Å². The van der Waals surface area contributed by atoms with E-state index in [2.05, 4.69) is 18.0 Å². The fourth-order valence-electron chi connectivity index (χ4n) is 2.02. The first kappa shape index (κ1) is 12.8. The Kier molecular flexibility index (Phi) is 3.78. The molecule has 0 aliphatic rings. The number of nitrogens with zero attached hydrogens (tertiary/aromatic N) is 1. The molecule has 18 heavy (non-hydrogen) atoms. The van der Waals surface area contributed by atoms with Crippen LogP contribution in [0.1, 0.15) is 30.7 Å².